The summed E-state index contributed by atoms with van der Waals surface area (Å²) in [6.45, 7) is 0. The van der Waals surface area contributed by atoms with E-state index in [0.717, 1.165) is 0 Å². The molecule has 2 aromatic rings. The number of rotatable bonds is 3. The van der Waals surface area contributed by atoms with Crippen LogP contribution in [-0.2, 0) is 9.59 Å². The summed E-state index contributed by atoms with van der Waals surface area (Å²) in [5, 5.41) is 8.39. The van der Waals surface area contributed by atoms with Crippen LogP contribution >= 0.6 is 0 Å². The topological polar surface area (TPSA) is 100 Å². The molecule has 0 saturated carbocycles. The predicted molar refractivity (Wildman–Crippen MR) is 53.1 cm³/mol. The molecule has 0 amide bonds. The zero-order chi connectivity index (χ0) is 11.7. The van der Waals surface area contributed by atoms with Crippen LogP contribution in [0.15, 0.2) is 24.5 Å². The molecule has 16 heavy (non-hydrogen) atoms. The molecule has 0 spiro atoms. The fraction of sp³-hybridized carbons (Fsp3) is 0. The maximum Gasteiger partial charge on any atom is 0.380 e. The number of nitrogens with one attached hydrogen (secondary N) is 1. The smallest absolute Gasteiger partial charge is 0.380 e. The first-order chi connectivity index (χ1) is 7.59. The molecule has 6 heteroatoms. The van der Waals surface area contributed by atoms with Gasteiger partial charge >= 0.3 is 11.8 Å². The molecule has 0 radical (unpaired) electrons. The predicted octanol–water partition coefficient (Wildman–Crippen LogP) is 0.399. The number of ketones is 2. The Hall–Kier alpha value is -2.50. The number of carbonyl (C=O) groups is 3. The van der Waals surface area contributed by atoms with Crippen LogP contribution in [0.2, 0.25) is 0 Å². The number of hydrogen-bond donors (Lipinski definition) is 2. The molecule has 6 nitrogen and oxygen atoms in total. The van der Waals surface area contributed by atoms with Gasteiger partial charge in [0.1, 0.15) is 0 Å². The quantitative estimate of drug-likeness (QED) is 0.441. The maximum atomic E-state index is 11.4. The van der Waals surface area contributed by atoms with E-state index in [1.807, 2.05) is 0 Å². The fourth-order valence-electron chi connectivity index (χ4n) is 1.30. The van der Waals surface area contributed by atoms with Crippen molar-refractivity contribution in [2.24, 2.45) is 0 Å². The second-order valence-electron chi connectivity index (χ2n) is 3.10. The molecule has 0 aliphatic heterocycles. The molecule has 0 bridgehead atoms. The van der Waals surface area contributed by atoms with Crippen LogP contribution in [0.5, 0.6) is 0 Å². The average Bonchev–Trinajstić information content (AvgIpc) is 2.73. The van der Waals surface area contributed by atoms with Crippen molar-refractivity contribution >= 4 is 28.6 Å². The van der Waals surface area contributed by atoms with Gasteiger partial charge in [-0.25, -0.2) is 9.78 Å². The summed E-state index contributed by atoms with van der Waals surface area (Å²) in [5.41, 5.74) is 1.23. The highest BCUT2D eigenvalue weighted by Gasteiger charge is 2.23. The van der Waals surface area contributed by atoms with Crippen molar-refractivity contribution in [2.75, 3.05) is 0 Å². The van der Waals surface area contributed by atoms with Crippen molar-refractivity contribution in [3.63, 3.8) is 0 Å². The van der Waals surface area contributed by atoms with Gasteiger partial charge in [0.05, 0.1) is 17.4 Å². The van der Waals surface area contributed by atoms with Gasteiger partial charge in [-0.3, -0.25) is 9.59 Å². The number of carboxylic acids is 1. The van der Waals surface area contributed by atoms with E-state index in [0.29, 0.717) is 11.0 Å². The monoisotopic (exact) mass is 218 g/mol. The molecule has 1 aromatic carbocycles. The summed E-state index contributed by atoms with van der Waals surface area (Å²) >= 11 is 0. The fourth-order valence-corrected chi connectivity index (χ4v) is 1.30. The van der Waals surface area contributed by atoms with Gasteiger partial charge < -0.3 is 10.1 Å². The lowest BCUT2D eigenvalue weighted by atomic mass is 10.1. The number of hydrogen-bond acceptors (Lipinski definition) is 4. The van der Waals surface area contributed by atoms with Crippen LogP contribution in [0.1, 0.15) is 10.4 Å². The van der Waals surface area contributed by atoms with E-state index in [2.05, 4.69) is 9.97 Å². The van der Waals surface area contributed by atoms with Crippen LogP contribution in [0.4, 0.5) is 0 Å². The standard InChI is InChI=1S/C10H6N2O4/c13-8(9(14)10(15)16)5-1-2-6-7(3-5)12-4-11-6/h1-4H,(H,11,12)(H,15,16). The first-order valence-corrected chi connectivity index (χ1v) is 4.34. The summed E-state index contributed by atoms with van der Waals surface area (Å²) in [7, 11) is 0. The third kappa shape index (κ3) is 1.56. The lowest BCUT2D eigenvalue weighted by molar-refractivity contribution is -0.146. The number of fused-ring (bicyclic) bond motifs is 1. The summed E-state index contributed by atoms with van der Waals surface area (Å²) < 4.78 is 0. The summed E-state index contributed by atoms with van der Waals surface area (Å²) in [4.78, 5) is 39.4. The molecule has 2 N–H and O–H groups in total. The minimum Gasteiger partial charge on any atom is -0.475 e. The highest BCUT2D eigenvalue weighted by atomic mass is 16.4. The van der Waals surface area contributed by atoms with Gasteiger partial charge in [0.2, 0.25) is 5.78 Å². The molecular formula is C10H6N2O4. The van der Waals surface area contributed by atoms with E-state index < -0.39 is 17.5 Å². The number of H-pyrrole nitrogens is 1. The van der Waals surface area contributed by atoms with Crippen LogP contribution in [0, 0.1) is 0 Å². The van der Waals surface area contributed by atoms with Crippen LogP contribution < -0.4 is 0 Å². The van der Waals surface area contributed by atoms with E-state index in [-0.39, 0.29) is 5.56 Å². The van der Waals surface area contributed by atoms with Gasteiger partial charge in [0.25, 0.3) is 0 Å². The normalized spacial score (nSPS) is 10.2. The zero-order valence-corrected chi connectivity index (χ0v) is 7.93. The van der Waals surface area contributed by atoms with E-state index in [1.165, 1.54) is 18.5 Å². The molecule has 0 aliphatic rings. The molecule has 0 aliphatic carbocycles. The largest absolute Gasteiger partial charge is 0.475 e. The molecule has 80 valence electrons. The van der Waals surface area contributed by atoms with Crippen molar-refractivity contribution in [1.29, 1.82) is 0 Å². The van der Waals surface area contributed by atoms with E-state index >= 15 is 0 Å². The number of nitrogens with zero attached hydrogens (tertiary/aromatic N) is 1. The lowest BCUT2D eigenvalue weighted by Crippen LogP contribution is -2.23. The number of imidazole rings is 1. The number of Topliss-reactive ketones (excluding diaryl/α,β-unsaturated/α-hetero) is 2. The number of carboxylic acid groups (broad SMARTS) is 1. The number of benzene rings is 1. The van der Waals surface area contributed by atoms with Gasteiger partial charge in [-0.2, -0.15) is 0 Å². The number of aromatic nitrogens is 2. The molecular weight excluding hydrogens is 212 g/mol. The number of carbonyl (C=O) groups excluding carboxylic acids is 2. The SMILES string of the molecule is O=C(O)C(=O)C(=O)c1ccc2[nH]cnc2c1. The Morgan fingerprint density at radius 2 is 2.00 bits per heavy atom. The Morgan fingerprint density at radius 3 is 2.69 bits per heavy atom. The Labute approximate surface area is 88.9 Å². The van der Waals surface area contributed by atoms with Crippen LogP contribution in [0.3, 0.4) is 0 Å². The van der Waals surface area contributed by atoms with Crippen molar-refractivity contribution in [3.8, 4) is 0 Å². The first-order valence-electron chi connectivity index (χ1n) is 4.34. The third-order valence-electron chi connectivity index (χ3n) is 2.08. The Bertz CT molecular complexity index is 600. The van der Waals surface area contributed by atoms with E-state index in [1.54, 1.807) is 6.07 Å². The lowest BCUT2D eigenvalue weighted by Gasteiger charge is -1.96. The average molecular weight is 218 g/mol. The van der Waals surface area contributed by atoms with Crippen molar-refractivity contribution in [1.82, 2.24) is 9.97 Å². The Kier molecular flexibility index (Phi) is 2.24. The molecule has 0 unspecified atom stereocenters. The second-order valence-corrected chi connectivity index (χ2v) is 3.10. The highest BCUT2D eigenvalue weighted by molar-refractivity contribution is 6.65. The van der Waals surface area contributed by atoms with Gasteiger partial charge in [-0.15, -0.1) is 0 Å². The highest BCUT2D eigenvalue weighted by Crippen LogP contribution is 2.12. The third-order valence-corrected chi connectivity index (χ3v) is 2.08. The van der Waals surface area contributed by atoms with Crippen LogP contribution in [-0.4, -0.2) is 32.6 Å². The van der Waals surface area contributed by atoms with E-state index in [9.17, 15) is 14.4 Å². The van der Waals surface area contributed by atoms with Gasteiger partial charge in [0, 0.05) is 5.56 Å². The van der Waals surface area contributed by atoms with Crippen molar-refractivity contribution < 1.29 is 19.5 Å². The molecule has 0 saturated heterocycles. The maximum absolute atomic E-state index is 11.4. The van der Waals surface area contributed by atoms with E-state index in [4.69, 9.17) is 5.11 Å². The van der Waals surface area contributed by atoms with Crippen molar-refractivity contribution in [2.45, 2.75) is 0 Å². The molecule has 0 fully saturated rings. The number of aromatic amines is 1. The summed E-state index contributed by atoms with van der Waals surface area (Å²) in [6, 6.07) is 4.31. The Balaban J connectivity index is 2.43. The molecule has 1 aromatic heterocycles. The summed E-state index contributed by atoms with van der Waals surface area (Å²) in [6.07, 6.45) is 1.44. The van der Waals surface area contributed by atoms with Gasteiger partial charge in [0.15, 0.2) is 0 Å². The summed E-state index contributed by atoms with van der Waals surface area (Å²) in [5.74, 6) is -4.25. The molecule has 1 heterocycles. The minimum absolute atomic E-state index is 0.0204. The molecule has 2 rings (SSSR count). The first kappa shape index (κ1) is 10.0. The number of aliphatic carboxylic acids is 1. The second kappa shape index (κ2) is 3.58. The van der Waals surface area contributed by atoms with Gasteiger partial charge in [-0.1, -0.05) is 0 Å². The molecule has 0 atom stereocenters. The minimum atomic E-state index is -1.76. The van der Waals surface area contributed by atoms with Crippen molar-refractivity contribution in [3.05, 3.63) is 30.1 Å². The Morgan fingerprint density at radius 1 is 1.25 bits per heavy atom. The van der Waals surface area contributed by atoms with Crippen LogP contribution in [0.25, 0.3) is 11.0 Å². The van der Waals surface area contributed by atoms with Gasteiger partial charge in [-0.05, 0) is 18.2 Å². The zero-order valence-electron chi connectivity index (χ0n) is 7.93.